The van der Waals surface area contributed by atoms with E-state index in [2.05, 4.69) is 38.3 Å². The van der Waals surface area contributed by atoms with Crippen molar-refractivity contribution in [1.82, 2.24) is 34.8 Å². The maximum atomic E-state index is 13.3. The number of hydrogen-bond acceptors (Lipinski definition) is 4. The highest BCUT2D eigenvalue weighted by Crippen LogP contribution is 2.44. The molecule has 0 aliphatic carbocycles. The molecule has 38 heavy (non-hydrogen) atoms. The third-order valence-electron chi connectivity index (χ3n) is 8.12. The number of benzene rings is 2. The van der Waals surface area contributed by atoms with Crippen molar-refractivity contribution in [2.45, 2.75) is 37.8 Å². The number of fused-ring (bicyclic) bond motifs is 3. The Morgan fingerprint density at radius 1 is 1.00 bits per heavy atom. The summed E-state index contributed by atoms with van der Waals surface area (Å²) >= 11 is 0. The molecule has 2 unspecified atom stereocenters. The number of urea groups is 1. The second-order valence-electron chi connectivity index (χ2n) is 10.5. The van der Waals surface area contributed by atoms with Crippen LogP contribution in [0.15, 0.2) is 85.3 Å². The molecule has 5 aromatic rings. The molecule has 2 aliphatic heterocycles. The van der Waals surface area contributed by atoms with Gasteiger partial charge < -0.3 is 10.2 Å². The third-order valence-corrected chi connectivity index (χ3v) is 8.12. The van der Waals surface area contributed by atoms with Crippen LogP contribution in [0.3, 0.4) is 0 Å². The van der Waals surface area contributed by atoms with Gasteiger partial charge in [-0.1, -0.05) is 36.4 Å². The first-order chi connectivity index (χ1) is 18.6. The molecule has 3 aromatic heterocycles. The van der Waals surface area contributed by atoms with Gasteiger partial charge in [0.2, 0.25) is 0 Å². The van der Waals surface area contributed by atoms with Gasteiger partial charge in [-0.05, 0) is 50.1 Å². The summed E-state index contributed by atoms with van der Waals surface area (Å²) in [7, 11) is 0. The van der Waals surface area contributed by atoms with Gasteiger partial charge in [-0.2, -0.15) is 10.2 Å². The summed E-state index contributed by atoms with van der Waals surface area (Å²) in [5, 5.41) is 13.7. The van der Waals surface area contributed by atoms with E-state index in [4.69, 9.17) is 5.10 Å². The highest BCUT2D eigenvalue weighted by molar-refractivity contribution is 5.83. The number of likely N-dealkylation sites (tertiary alicyclic amines) is 1. The van der Waals surface area contributed by atoms with Crippen LogP contribution in [0.1, 0.15) is 37.1 Å². The fourth-order valence-electron chi connectivity index (χ4n) is 5.92. The Balaban J connectivity index is 1.06. The molecule has 1 N–H and O–H groups in total. The first-order valence-corrected chi connectivity index (χ1v) is 13.2. The van der Waals surface area contributed by atoms with Crippen LogP contribution < -0.4 is 5.32 Å². The number of aryl methyl sites for hydroxylation is 1. The first-order valence-electron chi connectivity index (χ1n) is 13.2. The van der Waals surface area contributed by atoms with Crippen LogP contribution in [-0.2, 0) is 12.0 Å². The quantitative estimate of drug-likeness (QED) is 0.370. The van der Waals surface area contributed by atoms with Crippen molar-refractivity contribution in [2.24, 2.45) is 0 Å². The predicted octanol–water partition coefficient (Wildman–Crippen LogP) is 5.10. The number of hydrogen-bond donors (Lipinski definition) is 1. The van der Waals surface area contributed by atoms with Crippen LogP contribution in [-0.4, -0.2) is 48.6 Å². The molecule has 0 saturated carbocycles. The van der Waals surface area contributed by atoms with Crippen LogP contribution in [0.5, 0.6) is 0 Å². The van der Waals surface area contributed by atoms with Gasteiger partial charge in [-0.25, -0.2) is 9.48 Å². The minimum Gasteiger partial charge on any atom is -0.331 e. The lowest BCUT2D eigenvalue weighted by atomic mass is 9.82. The number of pyridine rings is 1. The van der Waals surface area contributed by atoms with E-state index >= 15 is 0 Å². The fraction of sp³-hybridized carbons (Fsp3) is 0.267. The number of carbonyl (C=O) groups excluding carboxylic acids is 1. The van der Waals surface area contributed by atoms with Crippen LogP contribution in [0.25, 0.3) is 27.8 Å². The van der Waals surface area contributed by atoms with Gasteiger partial charge in [0.25, 0.3) is 0 Å². The number of aromatic nitrogens is 5. The number of nitrogens with zero attached hydrogens (tertiary/aromatic N) is 6. The summed E-state index contributed by atoms with van der Waals surface area (Å²) in [4.78, 5) is 19.8. The SMILES string of the molecule is CC(NC(=O)N1CCC2(CCn3nc(-c4cnc5ccccc5c4)cc32)C1)c1cnn(-c2ccccc2)c1. The summed E-state index contributed by atoms with van der Waals surface area (Å²) in [5.74, 6) is 0. The summed E-state index contributed by atoms with van der Waals surface area (Å²) in [6.07, 6.45) is 7.66. The molecule has 8 heteroatoms. The number of nitrogens with one attached hydrogen (secondary N) is 1. The molecule has 2 atom stereocenters. The molecule has 0 radical (unpaired) electrons. The molecule has 2 aromatic carbocycles. The van der Waals surface area contributed by atoms with Gasteiger partial charge in [0, 0.05) is 59.7 Å². The molecular weight excluding hydrogens is 474 g/mol. The number of rotatable bonds is 4. The van der Waals surface area contributed by atoms with Crippen molar-refractivity contribution in [2.75, 3.05) is 13.1 Å². The Bertz CT molecular complexity index is 1640. The predicted molar refractivity (Wildman–Crippen MR) is 146 cm³/mol. The molecule has 1 fully saturated rings. The molecule has 1 spiro atoms. The number of carbonyl (C=O) groups is 1. The molecule has 2 amide bonds. The molecule has 2 aliphatic rings. The minimum atomic E-state index is -0.141. The van der Waals surface area contributed by atoms with E-state index in [0.29, 0.717) is 6.54 Å². The lowest BCUT2D eigenvalue weighted by Gasteiger charge is -2.24. The highest BCUT2D eigenvalue weighted by Gasteiger charge is 2.47. The molecule has 5 heterocycles. The summed E-state index contributed by atoms with van der Waals surface area (Å²) in [6.45, 7) is 4.32. The molecule has 0 bridgehead atoms. The van der Waals surface area contributed by atoms with E-state index in [1.807, 2.05) is 83.6 Å². The average Bonchev–Trinajstić information content (AvgIpc) is 3.75. The monoisotopic (exact) mass is 503 g/mol. The van der Waals surface area contributed by atoms with Gasteiger partial charge >= 0.3 is 6.03 Å². The largest absolute Gasteiger partial charge is 0.331 e. The van der Waals surface area contributed by atoms with Crippen molar-refractivity contribution < 1.29 is 4.79 Å². The van der Waals surface area contributed by atoms with Gasteiger partial charge in [0.1, 0.15) is 0 Å². The van der Waals surface area contributed by atoms with E-state index in [1.165, 1.54) is 5.69 Å². The fourth-order valence-corrected chi connectivity index (χ4v) is 5.92. The molecular formula is C30H29N7O. The Morgan fingerprint density at radius 3 is 2.71 bits per heavy atom. The highest BCUT2D eigenvalue weighted by atomic mass is 16.2. The smallest absolute Gasteiger partial charge is 0.317 e. The van der Waals surface area contributed by atoms with Gasteiger partial charge in [-0.15, -0.1) is 0 Å². The minimum absolute atomic E-state index is 0.0289. The summed E-state index contributed by atoms with van der Waals surface area (Å²) < 4.78 is 3.97. The zero-order valence-electron chi connectivity index (χ0n) is 21.3. The molecule has 8 nitrogen and oxygen atoms in total. The van der Waals surface area contributed by atoms with E-state index in [9.17, 15) is 4.79 Å². The van der Waals surface area contributed by atoms with Crippen molar-refractivity contribution >= 4 is 16.9 Å². The maximum absolute atomic E-state index is 13.3. The number of para-hydroxylation sites is 2. The van der Waals surface area contributed by atoms with Crippen molar-refractivity contribution in [3.63, 3.8) is 0 Å². The number of amides is 2. The van der Waals surface area contributed by atoms with E-state index in [0.717, 1.165) is 59.3 Å². The maximum Gasteiger partial charge on any atom is 0.317 e. The normalized spacial score (nSPS) is 19.2. The van der Waals surface area contributed by atoms with Crippen LogP contribution >= 0.6 is 0 Å². The summed E-state index contributed by atoms with van der Waals surface area (Å²) in [6, 6.07) is 22.3. The lowest BCUT2D eigenvalue weighted by Crippen LogP contribution is -2.41. The molecule has 7 rings (SSSR count). The Morgan fingerprint density at radius 2 is 1.82 bits per heavy atom. The van der Waals surface area contributed by atoms with Gasteiger partial charge in [0.05, 0.1) is 29.1 Å². The average molecular weight is 504 g/mol. The van der Waals surface area contributed by atoms with Crippen LogP contribution in [0.2, 0.25) is 0 Å². The van der Waals surface area contributed by atoms with Gasteiger partial charge in [0.15, 0.2) is 0 Å². The van der Waals surface area contributed by atoms with E-state index < -0.39 is 0 Å². The first kappa shape index (κ1) is 22.7. The zero-order chi connectivity index (χ0) is 25.7. The van der Waals surface area contributed by atoms with E-state index in [1.54, 1.807) is 0 Å². The second kappa shape index (κ2) is 8.83. The Kier molecular flexibility index (Phi) is 5.28. The Labute approximate surface area is 220 Å². The van der Waals surface area contributed by atoms with Crippen molar-refractivity contribution in [3.05, 3.63) is 96.6 Å². The van der Waals surface area contributed by atoms with Crippen molar-refractivity contribution in [1.29, 1.82) is 0 Å². The topological polar surface area (TPSA) is 80.9 Å². The standard InChI is InChI=1S/C30H29N7O/c1-21(24-18-32-37(19-24)25-8-3-2-4-9-25)33-29(38)35-13-11-30(20-35)12-14-36-28(30)16-27(34-36)23-15-22-7-5-6-10-26(22)31-17-23/h2-10,15-19,21H,11-14,20H2,1H3,(H,33,38). The lowest BCUT2D eigenvalue weighted by molar-refractivity contribution is 0.202. The third kappa shape index (κ3) is 3.84. The van der Waals surface area contributed by atoms with Crippen LogP contribution in [0, 0.1) is 0 Å². The molecule has 190 valence electrons. The van der Waals surface area contributed by atoms with Crippen molar-refractivity contribution in [3.8, 4) is 16.9 Å². The van der Waals surface area contributed by atoms with Crippen LogP contribution in [0.4, 0.5) is 4.79 Å². The molecule has 1 saturated heterocycles. The second-order valence-corrected chi connectivity index (χ2v) is 10.5. The summed E-state index contributed by atoms with van der Waals surface area (Å²) in [5.41, 5.74) is 6.11. The van der Waals surface area contributed by atoms with Gasteiger partial charge in [-0.3, -0.25) is 9.67 Å². The Hall–Kier alpha value is -4.46. The van der Waals surface area contributed by atoms with E-state index in [-0.39, 0.29) is 17.5 Å². The zero-order valence-corrected chi connectivity index (χ0v) is 21.3.